The van der Waals surface area contributed by atoms with Crippen molar-refractivity contribution in [2.45, 2.75) is 51.5 Å². The molecule has 1 aromatic heterocycles. The van der Waals surface area contributed by atoms with Crippen molar-refractivity contribution in [3.8, 4) is 0 Å². The first-order chi connectivity index (χ1) is 12.1. The molecule has 2 fully saturated rings. The van der Waals surface area contributed by atoms with Gasteiger partial charge in [-0.05, 0) is 72.1 Å². The van der Waals surface area contributed by atoms with E-state index in [1.54, 1.807) is 11.3 Å². The Bertz CT molecular complexity index is 553. The summed E-state index contributed by atoms with van der Waals surface area (Å²) in [7, 11) is 2.20. The molecule has 25 heavy (non-hydrogen) atoms. The van der Waals surface area contributed by atoms with Gasteiger partial charge in [0.2, 0.25) is 5.91 Å². The summed E-state index contributed by atoms with van der Waals surface area (Å²) in [5.74, 6) is 0.442. The summed E-state index contributed by atoms with van der Waals surface area (Å²) in [6.45, 7) is 7.34. The molecule has 3 rings (SSSR count). The Morgan fingerprint density at radius 3 is 2.84 bits per heavy atom. The highest BCUT2D eigenvalue weighted by Gasteiger charge is 2.30. The van der Waals surface area contributed by atoms with Gasteiger partial charge in [-0.25, -0.2) is 4.98 Å². The lowest BCUT2D eigenvalue weighted by Gasteiger charge is -2.41. The van der Waals surface area contributed by atoms with Crippen LogP contribution in [0.1, 0.15) is 42.7 Å². The van der Waals surface area contributed by atoms with Crippen molar-refractivity contribution < 1.29 is 4.79 Å². The Kier molecular flexibility index (Phi) is 6.84. The van der Waals surface area contributed by atoms with Gasteiger partial charge in [0, 0.05) is 24.0 Å². The van der Waals surface area contributed by atoms with Crippen molar-refractivity contribution in [2.24, 2.45) is 5.92 Å². The third-order valence-corrected chi connectivity index (χ3v) is 6.75. The van der Waals surface area contributed by atoms with Gasteiger partial charge in [-0.3, -0.25) is 9.69 Å². The van der Waals surface area contributed by atoms with E-state index in [9.17, 15) is 4.79 Å². The highest BCUT2D eigenvalue weighted by Crippen LogP contribution is 2.23. The molecule has 2 aliphatic heterocycles. The second-order valence-electron chi connectivity index (χ2n) is 7.62. The van der Waals surface area contributed by atoms with Crippen LogP contribution in [0.25, 0.3) is 0 Å². The number of thiazole rings is 1. The summed E-state index contributed by atoms with van der Waals surface area (Å²) >= 11 is 1.72. The third kappa shape index (κ3) is 5.25. The van der Waals surface area contributed by atoms with Crippen LogP contribution in [0, 0.1) is 12.8 Å². The van der Waals surface area contributed by atoms with Crippen LogP contribution >= 0.6 is 11.3 Å². The number of aromatic nitrogens is 1. The summed E-state index contributed by atoms with van der Waals surface area (Å²) in [4.78, 5) is 23.2. The molecule has 0 radical (unpaired) electrons. The van der Waals surface area contributed by atoms with Crippen LogP contribution in [0.15, 0.2) is 5.51 Å². The number of carbonyl (C=O) groups is 1. The zero-order valence-electron chi connectivity index (χ0n) is 15.7. The molecule has 1 unspecified atom stereocenters. The van der Waals surface area contributed by atoms with Crippen LogP contribution in [-0.4, -0.2) is 66.5 Å². The maximum Gasteiger partial charge on any atom is 0.224 e. The fraction of sp³-hybridized carbons (Fsp3) is 0.789. The van der Waals surface area contributed by atoms with Gasteiger partial charge in [-0.2, -0.15) is 0 Å². The quantitative estimate of drug-likeness (QED) is 0.787. The normalized spacial score (nSPS) is 23.7. The molecule has 2 saturated heterocycles. The average Bonchev–Trinajstić information content (AvgIpc) is 3.04. The monoisotopic (exact) mass is 364 g/mol. The van der Waals surface area contributed by atoms with Gasteiger partial charge >= 0.3 is 0 Å². The van der Waals surface area contributed by atoms with Crippen LogP contribution in [0.4, 0.5) is 0 Å². The molecule has 0 aliphatic carbocycles. The average molecular weight is 365 g/mol. The summed E-state index contributed by atoms with van der Waals surface area (Å²) in [5.41, 5.74) is 3.04. The Morgan fingerprint density at radius 2 is 2.12 bits per heavy atom. The SMILES string of the molecule is Cc1ncsc1CCCNC(=O)C1CCCN(C2CCN(C)CC2)C1. The molecule has 5 nitrogen and oxygen atoms in total. The molecule has 0 bridgehead atoms. The maximum atomic E-state index is 12.6. The van der Waals surface area contributed by atoms with Crippen molar-refractivity contribution in [3.63, 3.8) is 0 Å². The smallest absolute Gasteiger partial charge is 0.224 e. The van der Waals surface area contributed by atoms with E-state index in [4.69, 9.17) is 0 Å². The fourth-order valence-electron chi connectivity index (χ4n) is 4.08. The number of hydrogen-bond acceptors (Lipinski definition) is 5. The molecule has 1 aromatic rings. The zero-order valence-corrected chi connectivity index (χ0v) is 16.5. The third-order valence-electron chi connectivity index (χ3n) is 5.75. The number of carbonyl (C=O) groups excluding carboxylic acids is 1. The minimum absolute atomic E-state index is 0.179. The molecule has 6 heteroatoms. The molecule has 0 spiro atoms. The number of rotatable bonds is 6. The Balaban J connectivity index is 1.38. The lowest BCUT2D eigenvalue weighted by Crippen LogP contribution is -2.50. The van der Waals surface area contributed by atoms with E-state index in [0.717, 1.165) is 44.5 Å². The molecule has 2 aliphatic rings. The van der Waals surface area contributed by atoms with E-state index < -0.39 is 0 Å². The summed E-state index contributed by atoms with van der Waals surface area (Å²) < 4.78 is 0. The standard InChI is InChI=1S/C19H32N4OS/c1-15-18(25-14-21-15)6-3-9-20-19(24)16-5-4-10-23(13-16)17-7-11-22(2)12-8-17/h14,16-17H,3-13H2,1-2H3,(H,20,24). The van der Waals surface area contributed by atoms with E-state index in [0.29, 0.717) is 6.04 Å². The lowest BCUT2D eigenvalue weighted by atomic mass is 9.93. The van der Waals surface area contributed by atoms with Crippen molar-refractivity contribution in [3.05, 3.63) is 16.1 Å². The fourth-order valence-corrected chi connectivity index (χ4v) is 4.91. The second-order valence-corrected chi connectivity index (χ2v) is 8.56. The first-order valence-corrected chi connectivity index (χ1v) is 10.6. The van der Waals surface area contributed by atoms with E-state index >= 15 is 0 Å². The number of piperidine rings is 2. The number of nitrogens with zero attached hydrogens (tertiary/aromatic N) is 3. The molecule has 3 heterocycles. The van der Waals surface area contributed by atoms with E-state index in [2.05, 4.69) is 34.1 Å². The predicted molar refractivity (Wildman–Crippen MR) is 103 cm³/mol. The maximum absolute atomic E-state index is 12.6. The van der Waals surface area contributed by atoms with Gasteiger partial charge in [0.1, 0.15) is 0 Å². The number of amides is 1. The first-order valence-electron chi connectivity index (χ1n) is 9.72. The Labute approximate surface area is 155 Å². The van der Waals surface area contributed by atoms with E-state index in [1.807, 2.05) is 5.51 Å². The van der Waals surface area contributed by atoms with Crippen LogP contribution in [0.3, 0.4) is 0 Å². The molecule has 1 N–H and O–H groups in total. The summed E-state index contributed by atoms with van der Waals surface area (Å²) in [6, 6.07) is 0.682. The number of hydrogen-bond donors (Lipinski definition) is 1. The van der Waals surface area contributed by atoms with Crippen LogP contribution in [-0.2, 0) is 11.2 Å². The summed E-state index contributed by atoms with van der Waals surface area (Å²) in [5, 5.41) is 3.18. The minimum atomic E-state index is 0.179. The van der Waals surface area contributed by atoms with Crippen LogP contribution in [0.5, 0.6) is 0 Å². The molecule has 140 valence electrons. The molecule has 0 aromatic carbocycles. The number of nitrogens with one attached hydrogen (secondary N) is 1. The molecule has 1 amide bonds. The van der Waals surface area contributed by atoms with E-state index in [1.165, 1.54) is 37.4 Å². The number of aryl methyl sites for hydroxylation is 2. The highest BCUT2D eigenvalue weighted by molar-refractivity contribution is 7.09. The number of likely N-dealkylation sites (tertiary alicyclic amines) is 2. The van der Waals surface area contributed by atoms with E-state index in [-0.39, 0.29) is 11.8 Å². The van der Waals surface area contributed by atoms with Gasteiger partial charge in [0.05, 0.1) is 17.1 Å². The van der Waals surface area contributed by atoms with Gasteiger partial charge in [-0.1, -0.05) is 0 Å². The highest BCUT2D eigenvalue weighted by atomic mass is 32.1. The second kappa shape index (κ2) is 9.10. The molecular weight excluding hydrogens is 332 g/mol. The van der Waals surface area contributed by atoms with Crippen LogP contribution < -0.4 is 5.32 Å². The topological polar surface area (TPSA) is 48.5 Å². The van der Waals surface area contributed by atoms with Crippen molar-refractivity contribution in [2.75, 3.05) is 39.8 Å². The predicted octanol–water partition coefficient (Wildman–Crippen LogP) is 2.31. The largest absolute Gasteiger partial charge is 0.356 e. The minimum Gasteiger partial charge on any atom is -0.356 e. The van der Waals surface area contributed by atoms with Crippen molar-refractivity contribution in [1.29, 1.82) is 0 Å². The Morgan fingerprint density at radius 1 is 1.32 bits per heavy atom. The van der Waals surface area contributed by atoms with Gasteiger partial charge in [0.15, 0.2) is 0 Å². The van der Waals surface area contributed by atoms with Crippen LogP contribution in [0.2, 0.25) is 0 Å². The molecule has 0 saturated carbocycles. The lowest BCUT2D eigenvalue weighted by molar-refractivity contribution is -0.127. The summed E-state index contributed by atoms with van der Waals surface area (Å²) in [6.07, 6.45) is 6.72. The Hall–Kier alpha value is -0.980. The van der Waals surface area contributed by atoms with Crippen molar-refractivity contribution in [1.82, 2.24) is 20.1 Å². The van der Waals surface area contributed by atoms with Gasteiger partial charge in [0.25, 0.3) is 0 Å². The van der Waals surface area contributed by atoms with Crippen molar-refractivity contribution >= 4 is 17.2 Å². The van der Waals surface area contributed by atoms with Gasteiger partial charge < -0.3 is 10.2 Å². The molecule has 1 atom stereocenters. The molecular formula is C19H32N4OS. The first kappa shape index (κ1) is 18.8. The van der Waals surface area contributed by atoms with Gasteiger partial charge in [-0.15, -0.1) is 11.3 Å². The zero-order chi connectivity index (χ0) is 17.6.